The number of nitrogens with zero attached hydrogens (tertiary/aromatic N) is 1. The van der Waals surface area contributed by atoms with Crippen LogP contribution in [-0.2, 0) is 0 Å². The van der Waals surface area contributed by atoms with Crippen LogP contribution in [0.3, 0.4) is 0 Å². The molecule has 58 valence electrons. The van der Waals surface area contributed by atoms with Crippen LogP contribution in [0.5, 0.6) is 0 Å². The maximum Gasteiger partial charge on any atom is 0.243 e. The maximum absolute atomic E-state index is 12.7. The minimum absolute atomic E-state index is 0.367. The topological polar surface area (TPSA) is 43.1 Å². The summed E-state index contributed by atoms with van der Waals surface area (Å²) in [5, 5.41) is 10.1. The Labute approximate surface area is 58.4 Å². The Morgan fingerprint density at radius 3 is 2.40 bits per heavy atom. The van der Waals surface area contributed by atoms with Gasteiger partial charge in [-0.25, -0.2) is 4.39 Å². The van der Waals surface area contributed by atoms with Crippen LogP contribution in [-0.4, -0.2) is 17.1 Å². The Morgan fingerprint density at radius 1 is 1.40 bits per heavy atom. The van der Waals surface area contributed by atoms with Gasteiger partial charge < -0.3 is 0 Å². The van der Waals surface area contributed by atoms with Gasteiger partial charge >= 0.3 is 0 Å². The van der Waals surface area contributed by atoms with Gasteiger partial charge in [-0.15, -0.1) is 0 Å². The lowest BCUT2D eigenvalue weighted by atomic mass is 9.94. The minimum Gasteiger partial charge on any atom is -0.264 e. The minimum atomic E-state index is -1.20. The number of hydrogen-bond acceptors (Lipinski definition) is 2. The Bertz CT molecular complexity index is 140. The Hall–Kier alpha value is -0.670. The zero-order chi connectivity index (χ0) is 7.56. The molecule has 0 spiro atoms. The number of nitro groups is 1. The van der Waals surface area contributed by atoms with E-state index in [1.807, 2.05) is 0 Å². The molecule has 0 unspecified atom stereocenters. The third kappa shape index (κ3) is 1.43. The molecule has 0 aromatic heterocycles. The third-order valence-electron chi connectivity index (χ3n) is 1.92. The van der Waals surface area contributed by atoms with E-state index >= 15 is 0 Å². The van der Waals surface area contributed by atoms with Crippen molar-refractivity contribution in [3.05, 3.63) is 10.1 Å². The molecule has 1 rings (SSSR count). The maximum atomic E-state index is 12.7. The van der Waals surface area contributed by atoms with Crippen molar-refractivity contribution in [2.45, 2.75) is 37.9 Å². The number of rotatable bonds is 1. The highest BCUT2D eigenvalue weighted by molar-refractivity contribution is 4.73. The molecule has 0 aromatic rings. The molecule has 0 amide bonds. The van der Waals surface area contributed by atoms with E-state index in [1.54, 1.807) is 0 Å². The Morgan fingerprint density at radius 2 is 2.00 bits per heavy atom. The summed E-state index contributed by atoms with van der Waals surface area (Å²) in [6.45, 7) is 0. The fourth-order valence-corrected chi connectivity index (χ4v) is 1.30. The summed E-state index contributed by atoms with van der Waals surface area (Å²) in [7, 11) is 0. The first-order valence-corrected chi connectivity index (χ1v) is 3.49. The molecule has 3 nitrogen and oxygen atoms in total. The average molecular weight is 147 g/mol. The first kappa shape index (κ1) is 7.44. The van der Waals surface area contributed by atoms with Crippen molar-refractivity contribution < 1.29 is 9.31 Å². The van der Waals surface area contributed by atoms with Crippen molar-refractivity contribution in [3.63, 3.8) is 0 Å². The summed E-state index contributed by atoms with van der Waals surface area (Å²) in [6.07, 6.45) is 1.17. The molecule has 0 aliphatic heterocycles. The zero-order valence-corrected chi connectivity index (χ0v) is 5.62. The molecule has 1 aliphatic carbocycles. The van der Waals surface area contributed by atoms with Gasteiger partial charge in [-0.3, -0.25) is 10.1 Å². The molecule has 0 heterocycles. The Balaban J connectivity index is 2.47. The second-order valence-corrected chi connectivity index (χ2v) is 2.65. The van der Waals surface area contributed by atoms with Crippen molar-refractivity contribution in [1.82, 2.24) is 0 Å². The fraction of sp³-hybridized carbons (Fsp3) is 1.00. The van der Waals surface area contributed by atoms with Crippen LogP contribution >= 0.6 is 0 Å². The summed E-state index contributed by atoms with van der Waals surface area (Å²) in [5.74, 6) is 0. The fourth-order valence-electron chi connectivity index (χ4n) is 1.30. The lowest BCUT2D eigenvalue weighted by Gasteiger charge is -2.18. The molecule has 1 aliphatic rings. The van der Waals surface area contributed by atoms with Crippen LogP contribution in [0.1, 0.15) is 25.7 Å². The molecule has 0 saturated heterocycles. The highest BCUT2D eigenvalue weighted by Gasteiger charge is 2.33. The van der Waals surface area contributed by atoms with Gasteiger partial charge in [0.2, 0.25) is 6.04 Å². The summed E-state index contributed by atoms with van der Waals surface area (Å²) in [5.41, 5.74) is 0. The van der Waals surface area contributed by atoms with Crippen molar-refractivity contribution in [2.75, 3.05) is 0 Å². The van der Waals surface area contributed by atoms with Crippen molar-refractivity contribution >= 4 is 0 Å². The number of hydrogen-bond donors (Lipinski definition) is 0. The van der Waals surface area contributed by atoms with E-state index in [0.717, 1.165) is 12.8 Å². The van der Waals surface area contributed by atoms with E-state index in [4.69, 9.17) is 0 Å². The molecule has 4 heteroatoms. The molecule has 2 atom stereocenters. The molecular weight excluding hydrogens is 137 g/mol. The lowest BCUT2D eigenvalue weighted by molar-refractivity contribution is -0.534. The predicted molar refractivity (Wildman–Crippen MR) is 34.1 cm³/mol. The summed E-state index contributed by atoms with van der Waals surface area (Å²) >= 11 is 0. The van der Waals surface area contributed by atoms with E-state index in [0.29, 0.717) is 12.8 Å². The molecule has 1 fully saturated rings. The highest BCUT2D eigenvalue weighted by atomic mass is 19.1. The van der Waals surface area contributed by atoms with Gasteiger partial charge in [-0.2, -0.15) is 0 Å². The second kappa shape index (κ2) is 2.94. The van der Waals surface area contributed by atoms with Crippen LogP contribution in [0.15, 0.2) is 0 Å². The van der Waals surface area contributed by atoms with E-state index in [9.17, 15) is 14.5 Å². The first-order chi connectivity index (χ1) is 4.72. The quantitative estimate of drug-likeness (QED) is 0.417. The van der Waals surface area contributed by atoms with Gasteiger partial charge in [-0.05, 0) is 12.8 Å². The average Bonchev–Trinajstić information content (AvgIpc) is 1.88. The van der Waals surface area contributed by atoms with Gasteiger partial charge in [0, 0.05) is 11.3 Å². The number of alkyl halides is 1. The van der Waals surface area contributed by atoms with Crippen LogP contribution in [0.4, 0.5) is 4.39 Å². The molecule has 0 aromatic carbocycles. The second-order valence-electron chi connectivity index (χ2n) is 2.65. The molecule has 0 N–H and O–H groups in total. The molecule has 0 radical (unpaired) electrons. The molecule has 0 bridgehead atoms. The van der Waals surface area contributed by atoms with Crippen molar-refractivity contribution in [2.24, 2.45) is 0 Å². The van der Waals surface area contributed by atoms with Crippen molar-refractivity contribution in [1.29, 1.82) is 0 Å². The summed E-state index contributed by atoms with van der Waals surface area (Å²) < 4.78 is 12.7. The first-order valence-electron chi connectivity index (χ1n) is 3.49. The SMILES string of the molecule is O=[N+]([O-])[C@@H]1CCCC[C@@H]1F. The van der Waals surface area contributed by atoms with Crippen LogP contribution in [0, 0.1) is 10.1 Å². The zero-order valence-electron chi connectivity index (χ0n) is 5.62. The van der Waals surface area contributed by atoms with Gasteiger partial charge in [0.05, 0.1) is 0 Å². The summed E-state index contributed by atoms with van der Waals surface area (Å²) in [6, 6.07) is -0.922. The standard InChI is InChI=1S/C6H10FNO2/c7-5-3-1-2-4-6(5)8(9)10/h5-6H,1-4H2/t5-,6+/m0/s1. The Kier molecular flexibility index (Phi) is 2.19. The molecule has 10 heavy (non-hydrogen) atoms. The molecule has 1 saturated carbocycles. The predicted octanol–water partition coefficient (Wildman–Crippen LogP) is 1.54. The van der Waals surface area contributed by atoms with E-state index in [-0.39, 0.29) is 0 Å². The van der Waals surface area contributed by atoms with Gasteiger partial charge in [0.15, 0.2) is 6.17 Å². The van der Waals surface area contributed by atoms with E-state index < -0.39 is 17.1 Å². The van der Waals surface area contributed by atoms with E-state index in [2.05, 4.69) is 0 Å². The van der Waals surface area contributed by atoms with E-state index in [1.165, 1.54) is 0 Å². The lowest BCUT2D eigenvalue weighted by Crippen LogP contribution is -2.33. The number of halogens is 1. The van der Waals surface area contributed by atoms with Crippen LogP contribution in [0.2, 0.25) is 0 Å². The van der Waals surface area contributed by atoms with Crippen molar-refractivity contribution in [3.8, 4) is 0 Å². The highest BCUT2D eigenvalue weighted by Crippen LogP contribution is 2.22. The van der Waals surface area contributed by atoms with Crippen LogP contribution < -0.4 is 0 Å². The normalized spacial score (nSPS) is 33.7. The largest absolute Gasteiger partial charge is 0.264 e. The van der Waals surface area contributed by atoms with Gasteiger partial charge in [0.25, 0.3) is 0 Å². The monoisotopic (exact) mass is 147 g/mol. The molecular formula is C6H10FNO2. The smallest absolute Gasteiger partial charge is 0.243 e. The van der Waals surface area contributed by atoms with Crippen LogP contribution in [0.25, 0.3) is 0 Å². The summed E-state index contributed by atoms with van der Waals surface area (Å²) in [4.78, 5) is 9.63. The van der Waals surface area contributed by atoms with Gasteiger partial charge in [0.1, 0.15) is 0 Å². The van der Waals surface area contributed by atoms with Gasteiger partial charge in [-0.1, -0.05) is 6.42 Å². The third-order valence-corrected chi connectivity index (χ3v) is 1.92.